The minimum atomic E-state index is -2.21. The molecule has 101 heavy (non-hydrogen) atoms. The number of Topliss-reactive ketones (excluding diaryl/α,β-unsaturated/α-hetero) is 2. The van der Waals surface area contributed by atoms with Crippen molar-refractivity contribution in [3.63, 3.8) is 0 Å². The molecule has 6 N–H and O–H groups in total. The van der Waals surface area contributed by atoms with Crippen LogP contribution in [0.4, 0.5) is 0 Å². The first-order valence-corrected chi connectivity index (χ1v) is 36.8. The van der Waals surface area contributed by atoms with Crippen LogP contribution in [0.5, 0.6) is 5.75 Å². The van der Waals surface area contributed by atoms with Crippen LogP contribution in [0.25, 0.3) is 0 Å². The number of esters is 2. The third-order valence-electron chi connectivity index (χ3n) is 20.1. The maximum Gasteiger partial charge on any atom is 0.329 e. The third kappa shape index (κ3) is 23.9. The summed E-state index contributed by atoms with van der Waals surface area (Å²) in [6, 6.07) is 13.2. The standard InChI is InChI=1S/C27H42N4O5.C26H39NO7.C26H39NO4/c1-16(2)24(29-25(33)17(3)4)26(34)28-23(15-20-10-8-11-21(32)14-20)27(35)31-13-9-12-22(30-31)19(7)36-18(5)6;1-15(2)18-10-12-22(20(28)14-18)33-25(31)19-8-6-7-13-27(19)24(30)23(29)26(32)17(5)9-11-21(34-26)16(3)4;1-18(2)22(16-15-20-12-8-7-9-13-20)31-25(30)21-14-10-11-17-27(21)24(29)23(28)26(5,6)19(3)4/h8,10-11,14,16-18,22-24,30,32H,7,9,12-13,15H2,1-6H3,(H,28,34)(H,29,33);10,12,14-17,19-22,28,32H,6-9,11,13H2,1-5H3;7-9,12-13,18-19,21-22H,10-11,14-17H2,1-6H3. The summed E-state index contributed by atoms with van der Waals surface area (Å²) < 4.78 is 23.0. The van der Waals surface area contributed by atoms with Gasteiger partial charge >= 0.3 is 11.9 Å². The van der Waals surface area contributed by atoms with E-state index in [4.69, 9.17) is 18.9 Å². The van der Waals surface area contributed by atoms with E-state index in [1.165, 1.54) is 20.4 Å². The van der Waals surface area contributed by atoms with Crippen molar-refractivity contribution in [3.8, 4) is 5.75 Å². The Morgan fingerprint density at radius 2 is 1.33 bits per heavy atom. The average Bonchev–Trinajstić information content (AvgIpc) is 0.923. The summed E-state index contributed by atoms with van der Waals surface area (Å²) in [5, 5.41) is 38.6. The van der Waals surface area contributed by atoms with E-state index in [0.29, 0.717) is 62.9 Å². The van der Waals surface area contributed by atoms with E-state index in [2.05, 4.69) is 34.8 Å². The number of likely N-dealkylation sites (tertiary alicyclic amines) is 2. The molecule has 0 bridgehead atoms. The van der Waals surface area contributed by atoms with Gasteiger partial charge in [0.2, 0.25) is 23.4 Å². The minimum absolute atomic E-state index is 0.0300. The third-order valence-corrected chi connectivity index (χ3v) is 20.1. The summed E-state index contributed by atoms with van der Waals surface area (Å²) in [6.45, 7) is 37.3. The Labute approximate surface area is 600 Å². The van der Waals surface area contributed by atoms with Crippen molar-refractivity contribution in [1.29, 1.82) is 0 Å². The summed E-state index contributed by atoms with van der Waals surface area (Å²) >= 11 is 0. The van der Waals surface area contributed by atoms with Gasteiger partial charge in [-0.3, -0.25) is 38.6 Å². The Kier molecular flexibility index (Phi) is 32.5. The molecular formula is C79H120N6O16. The fourth-order valence-corrected chi connectivity index (χ4v) is 12.6. The molecule has 0 saturated carbocycles. The van der Waals surface area contributed by atoms with Gasteiger partial charge in [-0.2, -0.15) is 0 Å². The fraction of sp³-hybridized carbons (Fsp3) is 0.658. The number of carbonyl (C=O) groups is 9. The predicted molar refractivity (Wildman–Crippen MR) is 386 cm³/mol. The van der Waals surface area contributed by atoms with E-state index in [9.17, 15) is 58.5 Å². The van der Waals surface area contributed by atoms with Gasteiger partial charge in [0.15, 0.2) is 0 Å². The Hall–Kier alpha value is -7.27. The number of ether oxygens (including phenoxy) is 4. The van der Waals surface area contributed by atoms with E-state index in [0.717, 1.165) is 44.1 Å². The number of amides is 5. The first kappa shape index (κ1) is 84.4. The molecule has 7 rings (SSSR count). The van der Waals surface area contributed by atoms with Gasteiger partial charge in [0, 0.05) is 43.3 Å². The Balaban J connectivity index is 0.000000274. The van der Waals surface area contributed by atoms with Gasteiger partial charge in [-0.15, -0.1) is 0 Å². The molecular weight excluding hydrogens is 1290 g/mol. The highest BCUT2D eigenvalue weighted by Gasteiger charge is 2.53. The molecule has 11 atom stereocenters. The summed E-state index contributed by atoms with van der Waals surface area (Å²) in [6.07, 6.45) is 11.1. The predicted octanol–water partition coefficient (Wildman–Crippen LogP) is 9.99. The first-order valence-electron chi connectivity index (χ1n) is 36.8. The lowest BCUT2D eigenvalue weighted by Gasteiger charge is -2.43. The number of allylic oxidation sites excluding steroid dienone is 2. The monoisotopic (exact) mass is 1410 g/mol. The fourth-order valence-electron chi connectivity index (χ4n) is 12.6. The first-order chi connectivity index (χ1) is 47.4. The number of aliphatic hydroxyl groups is 2. The lowest BCUT2D eigenvalue weighted by Crippen LogP contribution is -2.61. The number of carbonyl (C=O) groups excluding carboxylic acids is 9. The Morgan fingerprint density at radius 3 is 1.88 bits per heavy atom. The quantitative estimate of drug-likeness (QED) is 0.0290. The van der Waals surface area contributed by atoms with E-state index < -0.39 is 88.8 Å². The number of nitrogens with one attached hydrogen (secondary N) is 3. The second-order valence-electron chi connectivity index (χ2n) is 30.7. The van der Waals surface area contributed by atoms with Crippen LogP contribution in [0.3, 0.4) is 0 Å². The highest BCUT2D eigenvalue weighted by Crippen LogP contribution is 2.37. The van der Waals surface area contributed by atoms with Crippen LogP contribution >= 0.6 is 0 Å². The molecule has 4 fully saturated rings. The van der Waals surface area contributed by atoms with Gasteiger partial charge in [0.1, 0.15) is 54.0 Å². The van der Waals surface area contributed by atoms with E-state index in [-0.39, 0.29) is 96.4 Å². The second-order valence-corrected chi connectivity index (χ2v) is 30.7. The summed E-state index contributed by atoms with van der Waals surface area (Å²) in [5.74, 6) is -7.03. The molecule has 5 aliphatic rings. The number of aliphatic hydroxyl groups excluding tert-OH is 1. The molecule has 562 valence electrons. The van der Waals surface area contributed by atoms with Gasteiger partial charge in [0.25, 0.3) is 23.5 Å². The number of ketones is 2. The van der Waals surface area contributed by atoms with Crippen LogP contribution in [0.1, 0.15) is 199 Å². The number of aromatic hydroxyl groups is 1. The molecule has 2 aromatic rings. The number of hydrogen-bond acceptors (Lipinski definition) is 17. The van der Waals surface area contributed by atoms with Crippen molar-refractivity contribution < 1.29 is 77.4 Å². The topological polar surface area (TPSA) is 297 Å². The van der Waals surface area contributed by atoms with Gasteiger partial charge in [-0.25, -0.2) is 15.0 Å². The van der Waals surface area contributed by atoms with Crippen LogP contribution in [-0.4, -0.2) is 169 Å². The number of benzene rings is 2. The molecule has 5 amide bonds. The summed E-state index contributed by atoms with van der Waals surface area (Å²) in [4.78, 5) is 121. The molecule has 0 spiro atoms. The molecule has 22 heteroatoms. The van der Waals surface area contributed by atoms with Crippen LogP contribution in [0.15, 0.2) is 90.7 Å². The SMILES string of the molecule is C=C(OC(C)C)C1CCCN(C(=O)C(Cc2cccc(O)c2)NC(=O)C(NC(=O)C(C)C)C(C)C)N1.CC(C)C(CCc1ccccc1)OC(=O)C1CCCCN1C(=O)C(=O)C(C)(C)C(C)C.CC(C)C1=CC(O)C(OC(=O)C2CCCCN2C(=O)C(=O)C2(O)OC(C(C)C)CCC2C)C=C1. The molecule has 4 heterocycles. The van der Waals surface area contributed by atoms with Crippen molar-refractivity contribution in [1.82, 2.24) is 30.9 Å². The number of rotatable bonds is 26. The van der Waals surface area contributed by atoms with Crippen molar-refractivity contribution in [2.45, 2.75) is 268 Å². The molecule has 4 saturated heterocycles. The van der Waals surface area contributed by atoms with Gasteiger partial charge < -0.3 is 54.7 Å². The Bertz CT molecular complexity index is 3190. The zero-order valence-corrected chi connectivity index (χ0v) is 63.3. The molecule has 2 aromatic carbocycles. The highest BCUT2D eigenvalue weighted by molar-refractivity contribution is 6.39. The highest BCUT2D eigenvalue weighted by atomic mass is 16.6. The number of aryl methyl sites for hydroxylation is 1. The second kappa shape index (κ2) is 38.8. The maximum atomic E-state index is 13.7. The smallest absolute Gasteiger partial charge is 0.329 e. The lowest BCUT2D eigenvalue weighted by molar-refractivity contribution is -0.269. The summed E-state index contributed by atoms with van der Waals surface area (Å²) in [7, 11) is 0. The van der Waals surface area contributed by atoms with Gasteiger partial charge in [-0.05, 0) is 161 Å². The summed E-state index contributed by atoms with van der Waals surface area (Å²) in [5.41, 5.74) is 5.29. The van der Waals surface area contributed by atoms with E-state index >= 15 is 0 Å². The average molecular weight is 1410 g/mol. The number of phenols is 1. The zero-order chi connectivity index (χ0) is 75.4. The van der Waals surface area contributed by atoms with Crippen molar-refractivity contribution >= 4 is 53.0 Å². The van der Waals surface area contributed by atoms with Gasteiger partial charge in [-0.1, -0.05) is 159 Å². The van der Waals surface area contributed by atoms with Crippen molar-refractivity contribution in [2.24, 2.45) is 46.8 Å². The normalized spacial score (nSPS) is 23.4. The van der Waals surface area contributed by atoms with Crippen LogP contribution in [-0.2, 0) is 74.9 Å². The number of phenolic OH excluding ortho intramolecular Hbond substituents is 1. The van der Waals surface area contributed by atoms with Crippen LogP contribution in [0, 0.1) is 46.8 Å². The molecule has 4 aliphatic heterocycles. The number of nitrogens with zero attached hydrogens (tertiary/aromatic N) is 3. The maximum absolute atomic E-state index is 13.7. The van der Waals surface area contributed by atoms with E-state index in [1.807, 2.05) is 107 Å². The minimum Gasteiger partial charge on any atom is -0.508 e. The van der Waals surface area contributed by atoms with Crippen molar-refractivity contribution in [2.75, 3.05) is 19.6 Å². The van der Waals surface area contributed by atoms with Crippen LogP contribution < -0.4 is 16.1 Å². The molecule has 0 aromatic heterocycles. The number of hydrazine groups is 1. The largest absolute Gasteiger partial charge is 0.508 e. The molecule has 1 aliphatic carbocycles. The zero-order valence-electron chi connectivity index (χ0n) is 63.3. The van der Waals surface area contributed by atoms with E-state index in [1.54, 1.807) is 71.0 Å². The van der Waals surface area contributed by atoms with Crippen molar-refractivity contribution in [3.05, 3.63) is 102 Å². The number of hydrogen-bond donors (Lipinski definition) is 6. The van der Waals surface area contributed by atoms with Gasteiger partial charge in [0.05, 0.1) is 18.2 Å². The molecule has 0 radical (unpaired) electrons. The molecule has 22 nitrogen and oxygen atoms in total. The number of piperidine rings is 2. The van der Waals surface area contributed by atoms with Crippen LogP contribution in [0.2, 0.25) is 0 Å². The molecule has 11 unspecified atom stereocenters. The lowest BCUT2D eigenvalue weighted by atomic mass is 9.76. The Morgan fingerprint density at radius 1 is 0.713 bits per heavy atom.